The molecule has 1 amide bonds. The lowest BCUT2D eigenvalue weighted by atomic mass is 9.87. The van der Waals surface area contributed by atoms with Crippen molar-refractivity contribution in [1.29, 1.82) is 0 Å². The number of rotatable bonds is 7. The molecule has 5 nitrogen and oxygen atoms in total. The van der Waals surface area contributed by atoms with E-state index in [-0.39, 0.29) is 17.7 Å². The predicted octanol–water partition coefficient (Wildman–Crippen LogP) is 1.06. The van der Waals surface area contributed by atoms with Gasteiger partial charge < -0.3 is 10.4 Å². The van der Waals surface area contributed by atoms with E-state index in [1.165, 1.54) is 4.88 Å². The van der Waals surface area contributed by atoms with Crippen LogP contribution in [-0.2, 0) is 16.0 Å². The van der Waals surface area contributed by atoms with Crippen LogP contribution in [0.5, 0.6) is 0 Å². The number of carboxylic acid groups (broad SMARTS) is 1. The first-order valence-electron chi connectivity index (χ1n) is 6.80. The Morgan fingerprint density at radius 3 is 2.90 bits per heavy atom. The Morgan fingerprint density at radius 2 is 2.30 bits per heavy atom. The summed E-state index contributed by atoms with van der Waals surface area (Å²) in [4.78, 5) is 25.8. The largest absolute Gasteiger partial charge is 0.481 e. The minimum absolute atomic E-state index is 0.0167. The van der Waals surface area contributed by atoms with Crippen LogP contribution in [0, 0.1) is 11.8 Å². The SMILES string of the molecule is CC(C(=O)O)C1CN(CC(=O)NCCc2cccs2)C1. The molecule has 6 heteroatoms. The van der Waals surface area contributed by atoms with Crippen molar-refractivity contribution in [2.75, 3.05) is 26.2 Å². The highest BCUT2D eigenvalue weighted by Gasteiger charge is 2.35. The Hall–Kier alpha value is -1.40. The molecule has 1 atom stereocenters. The Kier molecular flexibility index (Phi) is 5.14. The average molecular weight is 296 g/mol. The number of aliphatic carboxylic acids is 1. The van der Waals surface area contributed by atoms with Crippen molar-refractivity contribution in [2.24, 2.45) is 11.8 Å². The summed E-state index contributed by atoms with van der Waals surface area (Å²) in [5.74, 6) is -0.891. The molecular formula is C14H20N2O3S. The van der Waals surface area contributed by atoms with Gasteiger partial charge in [-0.15, -0.1) is 11.3 Å². The van der Waals surface area contributed by atoms with E-state index in [9.17, 15) is 9.59 Å². The third kappa shape index (κ3) is 4.05. The highest BCUT2D eigenvalue weighted by atomic mass is 32.1. The number of amides is 1. The maximum Gasteiger partial charge on any atom is 0.306 e. The molecule has 2 heterocycles. The Bertz CT molecular complexity index is 455. The van der Waals surface area contributed by atoms with Gasteiger partial charge in [-0.05, 0) is 23.8 Å². The summed E-state index contributed by atoms with van der Waals surface area (Å²) in [5.41, 5.74) is 0. The van der Waals surface area contributed by atoms with Crippen molar-refractivity contribution >= 4 is 23.2 Å². The second kappa shape index (κ2) is 6.85. The van der Waals surface area contributed by atoms with E-state index in [2.05, 4.69) is 11.4 Å². The summed E-state index contributed by atoms with van der Waals surface area (Å²) in [6.07, 6.45) is 0.863. The van der Waals surface area contributed by atoms with E-state index in [4.69, 9.17) is 5.11 Å². The highest BCUT2D eigenvalue weighted by molar-refractivity contribution is 7.09. The number of thiophene rings is 1. The second-order valence-electron chi connectivity index (χ2n) is 5.26. The molecule has 0 saturated carbocycles. The number of likely N-dealkylation sites (tertiary alicyclic amines) is 1. The molecule has 1 aliphatic heterocycles. The van der Waals surface area contributed by atoms with Crippen LogP contribution < -0.4 is 5.32 Å². The molecule has 1 aromatic heterocycles. The normalized spacial score (nSPS) is 17.4. The first-order valence-corrected chi connectivity index (χ1v) is 7.68. The molecule has 0 radical (unpaired) electrons. The van der Waals surface area contributed by atoms with Gasteiger partial charge in [0.2, 0.25) is 5.91 Å². The topological polar surface area (TPSA) is 69.6 Å². The van der Waals surface area contributed by atoms with Gasteiger partial charge in [-0.25, -0.2) is 0 Å². The van der Waals surface area contributed by atoms with Crippen molar-refractivity contribution in [3.8, 4) is 0 Å². The van der Waals surface area contributed by atoms with Crippen LogP contribution in [0.25, 0.3) is 0 Å². The molecule has 110 valence electrons. The molecule has 0 aromatic carbocycles. The van der Waals surface area contributed by atoms with E-state index in [1.54, 1.807) is 18.3 Å². The molecule has 0 bridgehead atoms. The smallest absolute Gasteiger partial charge is 0.306 e. The molecular weight excluding hydrogens is 276 g/mol. The first-order chi connectivity index (χ1) is 9.56. The zero-order valence-electron chi connectivity index (χ0n) is 11.5. The number of hydrogen-bond donors (Lipinski definition) is 2. The molecule has 1 aromatic rings. The van der Waals surface area contributed by atoms with Crippen molar-refractivity contribution in [1.82, 2.24) is 10.2 Å². The van der Waals surface area contributed by atoms with Gasteiger partial charge in [-0.1, -0.05) is 13.0 Å². The fourth-order valence-electron chi connectivity index (χ4n) is 2.30. The summed E-state index contributed by atoms with van der Waals surface area (Å²) < 4.78 is 0. The zero-order chi connectivity index (χ0) is 14.5. The molecule has 2 N–H and O–H groups in total. The molecule has 20 heavy (non-hydrogen) atoms. The molecule has 0 spiro atoms. The van der Waals surface area contributed by atoms with Crippen LogP contribution in [-0.4, -0.2) is 48.1 Å². The van der Waals surface area contributed by atoms with E-state index in [0.29, 0.717) is 26.2 Å². The minimum atomic E-state index is -0.755. The van der Waals surface area contributed by atoms with Crippen molar-refractivity contribution in [2.45, 2.75) is 13.3 Å². The van der Waals surface area contributed by atoms with Crippen LogP contribution in [0.4, 0.5) is 0 Å². The van der Waals surface area contributed by atoms with Gasteiger partial charge in [0.15, 0.2) is 0 Å². The number of carbonyl (C=O) groups excluding carboxylic acids is 1. The quantitative estimate of drug-likeness (QED) is 0.789. The summed E-state index contributed by atoms with van der Waals surface area (Å²) in [5, 5.41) is 13.8. The molecule has 1 fully saturated rings. The molecule has 1 aliphatic rings. The Labute approximate surface area is 122 Å². The summed E-state index contributed by atoms with van der Waals surface area (Å²) >= 11 is 1.69. The fraction of sp³-hybridized carbons (Fsp3) is 0.571. The summed E-state index contributed by atoms with van der Waals surface area (Å²) in [6.45, 7) is 4.15. The summed E-state index contributed by atoms with van der Waals surface area (Å²) in [7, 11) is 0. The zero-order valence-corrected chi connectivity index (χ0v) is 12.4. The van der Waals surface area contributed by atoms with Crippen LogP contribution in [0.2, 0.25) is 0 Å². The lowest BCUT2D eigenvalue weighted by molar-refractivity contribution is -0.145. The van der Waals surface area contributed by atoms with Gasteiger partial charge in [0.05, 0.1) is 12.5 Å². The van der Waals surface area contributed by atoms with E-state index < -0.39 is 5.97 Å². The van der Waals surface area contributed by atoms with E-state index >= 15 is 0 Å². The average Bonchev–Trinajstić information content (AvgIpc) is 2.85. The fourth-order valence-corrected chi connectivity index (χ4v) is 3.00. The summed E-state index contributed by atoms with van der Waals surface area (Å²) in [6, 6.07) is 4.07. The monoisotopic (exact) mass is 296 g/mol. The van der Waals surface area contributed by atoms with Crippen molar-refractivity contribution in [3.05, 3.63) is 22.4 Å². The van der Waals surface area contributed by atoms with Crippen LogP contribution in [0.3, 0.4) is 0 Å². The Balaban J connectivity index is 1.58. The maximum atomic E-state index is 11.7. The standard InChI is InChI=1S/C14H20N2O3S/c1-10(14(18)19)11-7-16(8-11)9-13(17)15-5-4-12-3-2-6-20-12/h2-3,6,10-11H,4-5,7-9H2,1H3,(H,15,17)(H,18,19). The van der Waals surface area contributed by atoms with Crippen molar-refractivity contribution < 1.29 is 14.7 Å². The lowest BCUT2D eigenvalue weighted by Gasteiger charge is -2.40. The maximum absolute atomic E-state index is 11.7. The van der Waals surface area contributed by atoms with Crippen LogP contribution in [0.1, 0.15) is 11.8 Å². The van der Waals surface area contributed by atoms with Gasteiger partial charge >= 0.3 is 5.97 Å². The van der Waals surface area contributed by atoms with Crippen molar-refractivity contribution in [3.63, 3.8) is 0 Å². The third-order valence-corrected chi connectivity index (χ3v) is 4.66. The van der Waals surface area contributed by atoms with E-state index in [0.717, 1.165) is 6.42 Å². The Morgan fingerprint density at radius 1 is 1.55 bits per heavy atom. The number of carboxylic acids is 1. The highest BCUT2D eigenvalue weighted by Crippen LogP contribution is 2.23. The van der Waals surface area contributed by atoms with Gasteiger partial charge in [0, 0.05) is 24.5 Å². The molecule has 1 saturated heterocycles. The van der Waals surface area contributed by atoms with Gasteiger partial charge in [-0.3, -0.25) is 14.5 Å². The van der Waals surface area contributed by atoms with Crippen LogP contribution >= 0.6 is 11.3 Å². The number of carbonyl (C=O) groups is 2. The number of nitrogens with one attached hydrogen (secondary N) is 1. The first kappa shape index (κ1) is 15.0. The van der Waals surface area contributed by atoms with Gasteiger partial charge in [0.1, 0.15) is 0 Å². The van der Waals surface area contributed by atoms with Gasteiger partial charge in [-0.2, -0.15) is 0 Å². The predicted molar refractivity (Wildman–Crippen MR) is 77.8 cm³/mol. The minimum Gasteiger partial charge on any atom is -0.481 e. The number of hydrogen-bond acceptors (Lipinski definition) is 4. The third-order valence-electron chi connectivity index (χ3n) is 3.72. The van der Waals surface area contributed by atoms with Gasteiger partial charge in [0.25, 0.3) is 0 Å². The lowest BCUT2D eigenvalue weighted by Crippen LogP contribution is -2.54. The molecule has 1 unspecified atom stereocenters. The van der Waals surface area contributed by atoms with Crippen LogP contribution in [0.15, 0.2) is 17.5 Å². The molecule has 0 aliphatic carbocycles. The second-order valence-corrected chi connectivity index (χ2v) is 6.29. The number of nitrogens with zero attached hydrogens (tertiary/aromatic N) is 1. The van der Waals surface area contributed by atoms with E-state index in [1.807, 2.05) is 16.3 Å². The molecule has 2 rings (SSSR count).